The number of halogens is 1. The van der Waals surface area contributed by atoms with Gasteiger partial charge in [0.25, 0.3) is 11.8 Å². The number of rotatable bonds is 10. The third-order valence-corrected chi connectivity index (χ3v) is 6.35. The quantitative estimate of drug-likeness (QED) is 0.320. The summed E-state index contributed by atoms with van der Waals surface area (Å²) in [6.45, 7) is 6.93. The molecule has 4 rings (SSSR count). The third kappa shape index (κ3) is 6.17. The van der Waals surface area contributed by atoms with Gasteiger partial charge in [-0.15, -0.1) is 12.4 Å². The molecular weight excluding hydrogens is 478 g/mol. The molecule has 1 atom stereocenters. The van der Waals surface area contributed by atoms with E-state index in [0.29, 0.717) is 44.1 Å². The van der Waals surface area contributed by atoms with Crippen molar-refractivity contribution in [3.05, 3.63) is 29.3 Å². The van der Waals surface area contributed by atoms with E-state index < -0.39 is 23.8 Å². The number of amides is 4. The molecule has 0 radical (unpaired) electrons. The van der Waals surface area contributed by atoms with Gasteiger partial charge in [-0.25, -0.2) is 0 Å². The fourth-order valence-corrected chi connectivity index (χ4v) is 4.48. The Hall–Kier alpha value is -2.57. The molecule has 4 amide bonds. The van der Waals surface area contributed by atoms with Crippen LogP contribution in [0.1, 0.15) is 33.6 Å². The molecule has 3 aliphatic rings. The zero-order valence-corrected chi connectivity index (χ0v) is 20.4. The summed E-state index contributed by atoms with van der Waals surface area (Å²) in [4.78, 5) is 55.1. The number of piperidine rings is 1. The maximum absolute atomic E-state index is 13.0. The number of benzene rings is 1. The number of piperazine rings is 1. The summed E-state index contributed by atoms with van der Waals surface area (Å²) >= 11 is 0. The van der Waals surface area contributed by atoms with Crippen LogP contribution in [-0.4, -0.2) is 105 Å². The predicted molar refractivity (Wildman–Crippen MR) is 130 cm³/mol. The maximum atomic E-state index is 13.0. The first-order chi connectivity index (χ1) is 16.5. The summed E-state index contributed by atoms with van der Waals surface area (Å²) in [6, 6.07) is 4.29. The Kier molecular flexibility index (Phi) is 9.58. The average molecular weight is 510 g/mol. The predicted octanol–water partition coefficient (Wildman–Crippen LogP) is -0.376. The molecule has 1 unspecified atom stereocenters. The van der Waals surface area contributed by atoms with E-state index in [1.165, 1.54) is 0 Å². The topological polar surface area (TPSA) is 135 Å². The van der Waals surface area contributed by atoms with Crippen LogP contribution in [0.25, 0.3) is 0 Å². The SMILES string of the molecule is Cl.NCCOCCOCCN1CCN(c2ccc3c(c2)C(=O)N(C2CCC(=O)NC2=O)C3=O)CC1. The monoisotopic (exact) mass is 509 g/mol. The molecule has 3 aliphatic heterocycles. The number of ether oxygens (including phenoxy) is 2. The first-order valence-electron chi connectivity index (χ1n) is 11.7. The van der Waals surface area contributed by atoms with Gasteiger partial charge in [-0.3, -0.25) is 34.3 Å². The first-order valence-corrected chi connectivity index (χ1v) is 11.7. The molecule has 1 aromatic carbocycles. The van der Waals surface area contributed by atoms with Crippen LogP contribution in [-0.2, 0) is 19.1 Å². The number of imide groups is 2. The molecule has 192 valence electrons. The minimum Gasteiger partial charge on any atom is -0.378 e. The van der Waals surface area contributed by atoms with E-state index in [0.717, 1.165) is 43.3 Å². The van der Waals surface area contributed by atoms with Gasteiger partial charge in [-0.2, -0.15) is 0 Å². The number of carbonyl (C=O) groups excluding carboxylic acids is 4. The van der Waals surface area contributed by atoms with Gasteiger partial charge in [-0.05, 0) is 24.6 Å². The summed E-state index contributed by atoms with van der Waals surface area (Å²) in [5, 5.41) is 2.21. The third-order valence-electron chi connectivity index (χ3n) is 6.35. The van der Waals surface area contributed by atoms with E-state index in [4.69, 9.17) is 15.2 Å². The number of fused-ring (bicyclic) bond motifs is 1. The highest BCUT2D eigenvalue weighted by molar-refractivity contribution is 6.23. The van der Waals surface area contributed by atoms with E-state index >= 15 is 0 Å². The van der Waals surface area contributed by atoms with Crippen LogP contribution in [0.3, 0.4) is 0 Å². The Balaban J connectivity index is 0.00000342. The largest absolute Gasteiger partial charge is 0.378 e. The molecule has 3 heterocycles. The van der Waals surface area contributed by atoms with E-state index in [2.05, 4.69) is 15.1 Å². The van der Waals surface area contributed by atoms with Crippen molar-refractivity contribution < 1.29 is 28.7 Å². The molecule has 2 fully saturated rings. The van der Waals surface area contributed by atoms with Crippen LogP contribution in [0.2, 0.25) is 0 Å². The standard InChI is InChI=1S/C23H31N5O6.ClH/c24-5-11-33-13-14-34-12-10-26-6-8-27(9-7-26)16-1-2-17-18(15-16)23(32)28(22(17)31)19-3-4-20(29)25-21(19)30;/h1-2,15,19H,3-14,24H2,(H,25,29,30);1H. The Morgan fingerprint density at radius 2 is 1.60 bits per heavy atom. The fourth-order valence-electron chi connectivity index (χ4n) is 4.48. The van der Waals surface area contributed by atoms with Crippen LogP contribution >= 0.6 is 12.4 Å². The van der Waals surface area contributed by atoms with Crippen LogP contribution < -0.4 is 16.0 Å². The van der Waals surface area contributed by atoms with Gasteiger partial charge in [0.1, 0.15) is 6.04 Å². The highest BCUT2D eigenvalue weighted by Crippen LogP contribution is 2.31. The molecule has 0 saturated carbocycles. The van der Waals surface area contributed by atoms with Crippen LogP contribution in [0.4, 0.5) is 5.69 Å². The normalized spacial score (nSPS) is 20.7. The van der Waals surface area contributed by atoms with Crippen molar-refractivity contribution in [3.63, 3.8) is 0 Å². The number of carbonyl (C=O) groups is 4. The second-order valence-corrected chi connectivity index (χ2v) is 8.52. The van der Waals surface area contributed by atoms with Gasteiger partial charge in [0.15, 0.2) is 0 Å². The molecule has 0 aromatic heterocycles. The lowest BCUT2D eigenvalue weighted by molar-refractivity contribution is -0.136. The number of hydrogen-bond donors (Lipinski definition) is 2. The van der Waals surface area contributed by atoms with Gasteiger partial charge in [-0.1, -0.05) is 0 Å². The van der Waals surface area contributed by atoms with Crippen molar-refractivity contribution >= 4 is 41.7 Å². The molecule has 0 spiro atoms. The van der Waals surface area contributed by atoms with Crippen LogP contribution in [0.15, 0.2) is 18.2 Å². The van der Waals surface area contributed by atoms with Crippen molar-refractivity contribution in [2.75, 3.05) is 70.6 Å². The van der Waals surface area contributed by atoms with Gasteiger partial charge in [0.2, 0.25) is 11.8 Å². The Labute approximate surface area is 210 Å². The zero-order valence-electron chi connectivity index (χ0n) is 19.6. The zero-order chi connectivity index (χ0) is 24.1. The molecular formula is C23H32ClN5O6. The van der Waals surface area contributed by atoms with E-state index in [1.54, 1.807) is 12.1 Å². The number of nitrogens with zero attached hydrogens (tertiary/aromatic N) is 3. The molecule has 1 aromatic rings. The molecule has 0 aliphatic carbocycles. The van der Waals surface area contributed by atoms with Crippen molar-refractivity contribution in [1.29, 1.82) is 0 Å². The summed E-state index contributed by atoms with van der Waals surface area (Å²) in [5.41, 5.74) is 6.85. The van der Waals surface area contributed by atoms with Gasteiger partial charge >= 0.3 is 0 Å². The summed E-state index contributed by atoms with van der Waals surface area (Å²) in [6.07, 6.45) is 0.252. The highest BCUT2D eigenvalue weighted by atomic mass is 35.5. The van der Waals surface area contributed by atoms with Gasteiger partial charge in [0, 0.05) is 51.4 Å². The van der Waals surface area contributed by atoms with Crippen molar-refractivity contribution in [3.8, 4) is 0 Å². The lowest BCUT2D eigenvalue weighted by Crippen LogP contribution is -2.54. The second kappa shape index (κ2) is 12.4. The van der Waals surface area contributed by atoms with Crippen LogP contribution in [0, 0.1) is 0 Å². The highest BCUT2D eigenvalue weighted by Gasteiger charge is 2.44. The number of hydrogen-bond acceptors (Lipinski definition) is 9. The Morgan fingerprint density at radius 3 is 2.29 bits per heavy atom. The van der Waals surface area contributed by atoms with Crippen molar-refractivity contribution in [1.82, 2.24) is 15.1 Å². The number of nitrogens with one attached hydrogen (secondary N) is 1. The fraction of sp³-hybridized carbons (Fsp3) is 0.565. The molecule has 12 heteroatoms. The van der Waals surface area contributed by atoms with Crippen molar-refractivity contribution in [2.24, 2.45) is 5.73 Å². The van der Waals surface area contributed by atoms with E-state index in [9.17, 15) is 19.2 Å². The number of nitrogens with two attached hydrogens (primary N) is 1. The second-order valence-electron chi connectivity index (χ2n) is 8.52. The summed E-state index contributed by atoms with van der Waals surface area (Å²) in [7, 11) is 0. The van der Waals surface area contributed by atoms with E-state index in [-0.39, 0.29) is 31.2 Å². The molecule has 11 nitrogen and oxygen atoms in total. The first kappa shape index (κ1) is 27.0. The Bertz CT molecular complexity index is 952. The van der Waals surface area contributed by atoms with E-state index in [1.807, 2.05) is 6.07 Å². The molecule has 35 heavy (non-hydrogen) atoms. The van der Waals surface area contributed by atoms with Gasteiger partial charge < -0.3 is 20.1 Å². The smallest absolute Gasteiger partial charge is 0.262 e. The number of anilines is 1. The summed E-state index contributed by atoms with van der Waals surface area (Å²) in [5.74, 6) is -1.96. The van der Waals surface area contributed by atoms with Gasteiger partial charge in [0.05, 0.1) is 37.6 Å². The van der Waals surface area contributed by atoms with Crippen LogP contribution in [0.5, 0.6) is 0 Å². The maximum Gasteiger partial charge on any atom is 0.262 e. The lowest BCUT2D eigenvalue weighted by Gasteiger charge is -2.36. The molecule has 0 bridgehead atoms. The molecule has 3 N–H and O–H groups in total. The Morgan fingerprint density at radius 1 is 0.914 bits per heavy atom. The minimum atomic E-state index is -0.952. The average Bonchev–Trinajstić information content (AvgIpc) is 3.08. The minimum absolute atomic E-state index is 0. The molecule has 2 saturated heterocycles. The lowest BCUT2D eigenvalue weighted by atomic mass is 10.0. The van der Waals surface area contributed by atoms with Crippen molar-refractivity contribution in [2.45, 2.75) is 18.9 Å². The summed E-state index contributed by atoms with van der Waals surface area (Å²) < 4.78 is 10.9.